The van der Waals surface area contributed by atoms with E-state index >= 15 is 0 Å². The number of fused-ring (bicyclic) bond motifs is 1. The van der Waals surface area contributed by atoms with Crippen molar-refractivity contribution in [1.82, 2.24) is 14.7 Å². The van der Waals surface area contributed by atoms with E-state index in [1.807, 2.05) is 34.2 Å². The molecule has 0 bridgehead atoms. The van der Waals surface area contributed by atoms with E-state index in [-0.39, 0.29) is 5.91 Å². The Balaban J connectivity index is 1.53. The summed E-state index contributed by atoms with van der Waals surface area (Å²) in [6.45, 7) is 2.10. The Morgan fingerprint density at radius 1 is 1.39 bits per heavy atom. The highest BCUT2D eigenvalue weighted by Gasteiger charge is 2.29. The second-order valence-electron chi connectivity index (χ2n) is 6.24. The van der Waals surface area contributed by atoms with Crippen LogP contribution in [0.25, 0.3) is 16.2 Å². The molecule has 3 aromatic rings. The van der Waals surface area contributed by atoms with Gasteiger partial charge in [0.15, 0.2) is 4.96 Å². The molecule has 1 aliphatic rings. The average Bonchev–Trinajstić information content (AvgIpc) is 3.22. The molecule has 5 heteroatoms. The van der Waals surface area contributed by atoms with Crippen LogP contribution in [-0.2, 0) is 11.2 Å². The number of benzene rings is 1. The number of rotatable bonds is 5. The highest BCUT2D eigenvalue weighted by Crippen LogP contribution is 2.32. The molecule has 118 valence electrons. The van der Waals surface area contributed by atoms with Crippen molar-refractivity contribution >= 4 is 22.2 Å². The lowest BCUT2D eigenvalue weighted by Crippen LogP contribution is -2.35. The van der Waals surface area contributed by atoms with Crippen molar-refractivity contribution in [2.24, 2.45) is 5.92 Å². The number of carbonyl (C=O) groups is 1. The molecule has 1 fully saturated rings. The van der Waals surface area contributed by atoms with Crippen molar-refractivity contribution in [2.45, 2.75) is 32.2 Å². The topological polar surface area (TPSA) is 46.4 Å². The number of nitrogens with zero attached hydrogens (tertiary/aromatic N) is 2. The van der Waals surface area contributed by atoms with Gasteiger partial charge in [-0.05, 0) is 25.7 Å². The van der Waals surface area contributed by atoms with Crippen molar-refractivity contribution in [2.75, 3.05) is 0 Å². The van der Waals surface area contributed by atoms with E-state index in [0.717, 1.165) is 21.9 Å². The van der Waals surface area contributed by atoms with Crippen LogP contribution in [0, 0.1) is 5.92 Å². The SMILES string of the molecule is CC(NC(=O)Cc1csc2nc(-c3ccccc3)cn12)C1CC1. The van der Waals surface area contributed by atoms with Crippen LogP contribution in [0.3, 0.4) is 0 Å². The lowest BCUT2D eigenvalue weighted by atomic mass is 10.2. The number of carbonyl (C=O) groups excluding carboxylic acids is 1. The molecule has 1 saturated carbocycles. The molecule has 1 aromatic carbocycles. The lowest BCUT2D eigenvalue weighted by molar-refractivity contribution is -0.121. The van der Waals surface area contributed by atoms with Gasteiger partial charge in [-0.1, -0.05) is 30.3 Å². The molecule has 23 heavy (non-hydrogen) atoms. The molecule has 1 amide bonds. The first-order valence-corrected chi connectivity index (χ1v) is 8.89. The molecule has 0 spiro atoms. The van der Waals surface area contributed by atoms with Gasteiger partial charge in [0.05, 0.1) is 12.1 Å². The molecule has 0 radical (unpaired) electrons. The zero-order valence-electron chi connectivity index (χ0n) is 13.0. The van der Waals surface area contributed by atoms with Crippen LogP contribution in [0.5, 0.6) is 0 Å². The molecule has 1 N–H and O–H groups in total. The Morgan fingerprint density at radius 3 is 2.91 bits per heavy atom. The largest absolute Gasteiger partial charge is 0.353 e. The first kappa shape index (κ1) is 14.5. The molecule has 4 nitrogen and oxygen atoms in total. The molecule has 0 saturated heterocycles. The summed E-state index contributed by atoms with van der Waals surface area (Å²) in [6.07, 6.45) is 4.91. The van der Waals surface area contributed by atoms with E-state index < -0.39 is 0 Å². The second-order valence-corrected chi connectivity index (χ2v) is 7.08. The standard InChI is InChI=1S/C18H19N3OS/c1-12(13-7-8-13)19-17(22)9-15-11-23-18-20-16(10-21(15)18)14-5-3-2-4-6-14/h2-6,10-13H,7-9H2,1H3,(H,19,22). The molecule has 0 aliphatic heterocycles. The Kier molecular flexibility index (Phi) is 3.65. The van der Waals surface area contributed by atoms with Crippen molar-refractivity contribution in [3.63, 3.8) is 0 Å². The summed E-state index contributed by atoms with van der Waals surface area (Å²) in [4.78, 5) is 17.8. The van der Waals surface area contributed by atoms with Gasteiger partial charge in [-0.3, -0.25) is 9.20 Å². The fourth-order valence-electron chi connectivity index (χ4n) is 2.89. The van der Waals surface area contributed by atoms with Crippen LogP contribution in [0.4, 0.5) is 0 Å². The highest BCUT2D eigenvalue weighted by atomic mass is 32.1. The predicted molar refractivity (Wildman–Crippen MR) is 92.5 cm³/mol. The van der Waals surface area contributed by atoms with Gasteiger partial charge < -0.3 is 5.32 Å². The van der Waals surface area contributed by atoms with Crippen LogP contribution in [0.15, 0.2) is 41.9 Å². The minimum absolute atomic E-state index is 0.0964. The van der Waals surface area contributed by atoms with Crippen LogP contribution in [-0.4, -0.2) is 21.3 Å². The van der Waals surface area contributed by atoms with Crippen molar-refractivity contribution in [3.8, 4) is 11.3 Å². The average molecular weight is 325 g/mol. The summed E-state index contributed by atoms with van der Waals surface area (Å²) in [5.41, 5.74) is 3.05. The van der Waals surface area contributed by atoms with Crippen LogP contribution in [0.2, 0.25) is 0 Å². The van der Waals surface area contributed by atoms with E-state index in [1.54, 1.807) is 11.3 Å². The molecular formula is C18H19N3OS. The number of imidazole rings is 1. The maximum Gasteiger partial charge on any atom is 0.226 e. The van der Waals surface area contributed by atoms with Gasteiger partial charge in [0.2, 0.25) is 5.91 Å². The summed E-state index contributed by atoms with van der Waals surface area (Å²) in [5, 5.41) is 5.14. The molecule has 1 atom stereocenters. The number of hydrogen-bond acceptors (Lipinski definition) is 3. The van der Waals surface area contributed by atoms with Gasteiger partial charge >= 0.3 is 0 Å². The zero-order valence-corrected chi connectivity index (χ0v) is 13.8. The van der Waals surface area contributed by atoms with Gasteiger partial charge in [-0.25, -0.2) is 4.98 Å². The van der Waals surface area contributed by atoms with Gasteiger partial charge in [-0.15, -0.1) is 11.3 Å². The van der Waals surface area contributed by atoms with Crippen LogP contribution in [0.1, 0.15) is 25.5 Å². The monoisotopic (exact) mass is 325 g/mol. The number of aromatic nitrogens is 2. The van der Waals surface area contributed by atoms with E-state index in [0.29, 0.717) is 18.4 Å². The minimum atomic E-state index is 0.0964. The van der Waals surface area contributed by atoms with Crippen LogP contribution >= 0.6 is 11.3 Å². The summed E-state index contributed by atoms with van der Waals surface area (Å²) < 4.78 is 2.04. The number of thiazole rings is 1. The number of hydrogen-bond donors (Lipinski definition) is 1. The molecule has 2 heterocycles. The fourth-order valence-corrected chi connectivity index (χ4v) is 3.76. The second kappa shape index (κ2) is 5.81. The Labute approximate surface area is 139 Å². The summed E-state index contributed by atoms with van der Waals surface area (Å²) >= 11 is 1.58. The van der Waals surface area contributed by atoms with Crippen molar-refractivity contribution in [1.29, 1.82) is 0 Å². The maximum absolute atomic E-state index is 12.2. The van der Waals surface area contributed by atoms with Gasteiger partial charge in [0, 0.05) is 28.9 Å². The number of amides is 1. The number of nitrogens with one attached hydrogen (secondary N) is 1. The molecule has 4 rings (SSSR count). The summed E-state index contributed by atoms with van der Waals surface area (Å²) in [5.74, 6) is 0.776. The predicted octanol–water partition coefficient (Wildman–Crippen LogP) is 3.52. The smallest absolute Gasteiger partial charge is 0.226 e. The zero-order chi connectivity index (χ0) is 15.8. The molecule has 2 aromatic heterocycles. The van der Waals surface area contributed by atoms with Gasteiger partial charge in [-0.2, -0.15) is 0 Å². The summed E-state index contributed by atoms with van der Waals surface area (Å²) in [7, 11) is 0. The quantitative estimate of drug-likeness (QED) is 0.780. The van der Waals surface area contributed by atoms with E-state index in [9.17, 15) is 4.79 Å². The Bertz CT molecular complexity index is 832. The highest BCUT2D eigenvalue weighted by molar-refractivity contribution is 7.15. The normalized spacial score (nSPS) is 15.7. The van der Waals surface area contributed by atoms with E-state index in [2.05, 4.69) is 29.4 Å². The first-order chi connectivity index (χ1) is 11.2. The Morgan fingerprint density at radius 2 is 2.17 bits per heavy atom. The van der Waals surface area contributed by atoms with Crippen LogP contribution < -0.4 is 5.32 Å². The molecule has 1 aliphatic carbocycles. The lowest BCUT2D eigenvalue weighted by Gasteiger charge is -2.12. The van der Waals surface area contributed by atoms with E-state index in [1.165, 1.54) is 12.8 Å². The van der Waals surface area contributed by atoms with E-state index in [4.69, 9.17) is 0 Å². The first-order valence-electron chi connectivity index (χ1n) is 8.01. The van der Waals surface area contributed by atoms with Crippen molar-refractivity contribution < 1.29 is 4.79 Å². The third-order valence-electron chi connectivity index (χ3n) is 4.41. The van der Waals surface area contributed by atoms with Gasteiger partial charge in [0.25, 0.3) is 0 Å². The Hall–Kier alpha value is -2.14. The third-order valence-corrected chi connectivity index (χ3v) is 5.30. The maximum atomic E-state index is 12.2. The molecular weight excluding hydrogens is 306 g/mol. The minimum Gasteiger partial charge on any atom is -0.353 e. The molecule has 1 unspecified atom stereocenters. The third kappa shape index (κ3) is 3.01. The fraction of sp³-hybridized carbons (Fsp3) is 0.333. The van der Waals surface area contributed by atoms with Gasteiger partial charge in [0.1, 0.15) is 0 Å². The summed E-state index contributed by atoms with van der Waals surface area (Å²) in [6, 6.07) is 10.4. The van der Waals surface area contributed by atoms with Crippen molar-refractivity contribution in [3.05, 3.63) is 47.6 Å².